The first-order valence-corrected chi connectivity index (χ1v) is 9.70. The number of hydrogen-bond donors (Lipinski definition) is 2. The van der Waals surface area contributed by atoms with Gasteiger partial charge in [0.05, 0.1) is 11.5 Å². The van der Waals surface area contributed by atoms with Crippen LogP contribution in [0.1, 0.15) is 21.7 Å². The van der Waals surface area contributed by atoms with Crippen molar-refractivity contribution < 1.29 is 22.4 Å². The number of carbonyl (C=O) groups is 1. The molecule has 0 aliphatic heterocycles. The van der Waals surface area contributed by atoms with Gasteiger partial charge >= 0.3 is 0 Å². The molecule has 0 fully saturated rings. The summed E-state index contributed by atoms with van der Waals surface area (Å²) >= 11 is 0. The molecule has 7 nitrogen and oxygen atoms in total. The monoisotopic (exact) mass is 388 g/mol. The van der Waals surface area contributed by atoms with Gasteiger partial charge in [-0.2, -0.15) is 0 Å². The van der Waals surface area contributed by atoms with Crippen LogP contribution in [0.3, 0.4) is 0 Å². The largest absolute Gasteiger partial charge is 0.451 e. The number of ether oxygens (including phenoxy) is 1. The summed E-state index contributed by atoms with van der Waals surface area (Å²) in [6, 6.07) is 12.0. The van der Waals surface area contributed by atoms with Gasteiger partial charge in [0, 0.05) is 23.7 Å². The Morgan fingerprint density at radius 1 is 1.19 bits per heavy atom. The van der Waals surface area contributed by atoms with Gasteiger partial charge < -0.3 is 14.5 Å². The molecule has 0 saturated carbocycles. The van der Waals surface area contributed by atoms with Crippen LogP contribution in [0, 0.1) is 6.92 Å². The molecule has 0 saturated heterocycles. The summed E-state index contributed by atoms with van der Waals surface area (Å²) < 4.78 is 37.4. The number of furan rings is 1. The minimum Gasteiger partial charge on any atom is -0.451 e. The predicted octanol–water partition coefficient (Wildman–Crippen LogP) is 3.05. The van der Waals surface area contributed by atoms with Gasteiger partial charge in [0.15, 0.2) is 5.76 Å². The third-order valence-electron chi connectivity index (χ3n) is 4.20. The first-order valence-electron chi connectivity index (χ1n) is 8.22. The van der Waals surface area contributed by atoms with Gasteiger partial charge in [-0.15, -0.1) is 0 Å². The third kappa shape index (κ3) is 3.73. The van der Waals surface area contributed by atoms with E-state index in [1.807, 2.05) is 18.2 Å². The molecule has 27 heavy (non-hydrogen) atoms. The molecule has 2 N–H and O–H groups in total. The van der Waals surface area contributed by atoms with Crippen LogP contribution in [0.15, 0.2) is 51.8 Å². The highest BCUT2D eigenvalue weighted by atomic mass is 32.2. The van der Waals surface area contributed by atoms with Crippen LogP contribution in [0.25, 0.3) is 11.0 Å². The van der Waals surface area contributed by atoms with E-state index < -0.39 is 15.9 Å². The first kappa shape index (κ1) is 19.1. The van der Waals surface area contributed by atoms with Crippen molar-refractivity contribution in [2.45, 2.75) is 18.4 Å². The zero-order valence-corrected chi connectivity index (χ0v) is 16.0. The number of methoxy groups -OCH3 is 1. The van der Waals surface area contributed by atoms with Gasteiger partial charge in [0.2, 0.25) is 10.0 Å². The van der Waals surface area contributed by atoms with Crippen LogP contribution in [0.4, 0.5) is 5.69 Å². The van der Waals surface area contributed by atoms with E-state index in [2.05, 4.69) is 10.0 Å². The van der Waals surface area contributed by atoms with Crippen LogP contribution < -0.4 is 10.0 Å². The lowest BCUT2D eigenvalue weighted by Crippen LogP contribution is -2.20. The van der Waals surface area contributed by atoms with E-state index in [1.54, 1.807) is 25.1 Å². The van der Waals surface area contributed by atoms with Crippen LogP contribution in [0.5, 0.6) is 0 Å². The Hall–Kier alpha value is -2.68. The molecule has 0 aliphatic rings. The van der Waals surface area contributed by atoms with E-state index in [4.69, 9.17) is 9.15 Å². The second kappa shape index (κ2) is 7.51. The number of fused-ring (bicyclic) bond motifs is 1. The van der Waals surface area contributed by atoms with Gasteiger partial charge in [-0.05, 0) is 37.7 Å². The molecular weight excluding hydrogens is 368 g/mol. The second-order valence-electron chi connectivity index (χ2n) is 5.98. The lowest BCUT2D eigenvalue weighted by Gasteiger charge is -2.10. The van der Waals surface area contributed by atoms with Crippen molar-refractivity contribution in [1.29, 1.82) is 0 Å². The molecule has 2 aromatic carbocycles. The number of anilines is 1. The highest BCUT2D eigenvalue weighted by Crippen LogP contribution is 2.28. The normalized spacial score (nSPS) is 11.7. The maximum atomic E-state index is 12.8. The topological polar surface area (TPSA) is 97.6 Å². The highest BCUT2D eigenvalue weighted by Gasteiger charge is 2.21. The van der Waals surface area contributed by atoms with Crippen molar-refractivity contribution in [2.24, 2.45) is 0 Å². The lowest BCUT2D eigenvalue weighted by molar-refractivity contribution is 0.0992. The Balaban J connectivity index is 1.98. The molecule has 1 heterocycles. The number of hydrogen-bond acceptors (Lipinski definition) is 5. The maximum Gasteiger partial charge on any atom is 0.291 e. The summed E-state index contributed by atoms with van der Waals surface area (Å²) in [6.45, 7) is 1.90. The molecular formula is C19H20N2O5S. The van der Waals surface area contributed by atoms with Crippen LogP contribution >= 0.6 is 0 Å². The smallest absolute Gasteiger partial charge is 0.291 e. The number of aryl methyl sites for hydroxylation is 1. The predicted molar refractivity (Wildman–Crippen MR) is 102 cm³/mol. The van der Waals surface area contributed by atoms with Crippen molar-refractivity contribution in [3.8, 4) is 0 Å². The molecule has 1 aromatic heterocycles. The van der Waals surface area contributed by atoms with Crippen molar-refractivity contribution in [2.75, 3.05) is 19.5 Å². The number of nitrogens with one attached hydrogen (secondary N) is 2. The number of rotatable bonds is 6. The van der Waals surface area contributed by atoms with Crippen LogP contribution in [-0.4, -0.2) is 28.5 Å². The number of amides is 1. The van der Waals surface area contributed by atoms with Crippen LogP contribution in [-0.2, 0) is 21.4 Å². The number of para-hydroxylation sites is 1. The molecule has 0 atom stereocenters. The number of carbonyl (C=O) groups excluding carboxylic acids is 1. The quantitative estimate of drug-likeness (QED) is 0.676. The fourth-order valence-electron chi connectivity index (χ4n) is 2.84. The molecule has 0 spiro atoms. The molecule has 0 unspecified atom stereocenters. The molecule has 1 amide bonds. The standard InChI is InChI=1S/C19H20N2O5S/c1-12-8-9-13(10-17(12)27(23,24)20-2)21-19(22)18-15(11-25-3)14-6-4-5-7-16(14)26-18/h4-10,20H,11H2,1-3H3,(H,21,22). The zero-order valence-electron chi connectivity index (χ0n) is 15.2. The number of sulfonamides is 1. The molecule has 8 heteroatoms. The van der Waals surface area contributed by atoms with Gasteiger partial charge in [-0.1, -0.05) is 24.3 Å². The second-order valence-corrected chi connectivity index (χ2v) is 7.84. The SMILES string of the molecule is CNS(=O)(=O)c1cc(NC(=O)c2oc3ccccc3c2COC)ccc1C. The summed E-state index contributed by atoms with van der Waals surface area (Å²) in [7, 11) is -0.755. The molecule has 0 aliphatic carbocycles. The Bertz CT molecular complexity index is 1100. The van der Waals surface area contributed by atoms with Gasteiger partial charge in [-0.25, -0.2) is 13.1 Å². The third-order valence-corrected chi connectivity index (χ3v) is 5.75. The molecule has 0 bridgehead atoms. The average molecular weight is 388 g/mol. The summed E-state index contributed by atoms with van der Waals surface area (Å²) in [5.41, 5.74) is 2.15. The van der Waals surface area contributed by atoms with E-state index in [1.165, 1.54) is 20.2 Å². The Labute approximate surface area is 157 Å². The zero-order chi connectivity index (χ0) is 19.6. The lowest BCUT2D eigenvalue weighted by atomic mass is 10.1. The van der Waals surface area contributed by atoms with Crippen molar-refractivity contribution in [3.63, 3.8) is 0 Å². The summed E-state index contributed by atoms with van der Waals surface area (Å²) in [5.74, 6) is -0.341. The Morgan fingerprint density at radius 2 is 1.93 bits per heavy atom. The van der Waals surface area contributed by atoms with E-state index in [0.717, 1.165) is 5.39 Å². The fraction of sp³-hybridized carbons (Fsp3) is 0.211. The molecule has 142 valence electrons. The van der Waals surface area contributed by atoms with E-state index in [9.17, 15) is 13.2 Å². The Kier molecular flexibility index (Phi) is 5.31. The van der Waals surface area contributed by atoms with Crippen molar-refractivity contribution >= 4 is 32.6 Å². The van der Waals surface area contributed by atoms with Crippen molar-refractivity contribution in [1.82, 2.24) is 4.72 Å². The Morgan fingerprint density at radius 3 is 2.63 bits per heavy atom. The summed E-state index contributed by atoms with van der Waals surface area (Å²) in [4.78, 5) is 12.9. The van der Waals surface area contributed by atoms with E-state index in [-0.39, 0.29) is 17.3 Å². The van der Waals surface area contributed by atoms with E-state index in [0.29, 0.717) is 22.4 Å². The first-order chi connectivity index (χ1) is 12.9. The average Bonchev–Trinajstić information content (AvgIpc) is 3.02. The summed E-state index contributed by atoms with van der Waals surface area (Å²) in [5, 5.41) is 3.50. The van der Waals surface area contributed by atoms with Crippen LogP contribution in [0.2, 0.25) is 0 Å². The molecule has 3 rings (SSSR count). The fourth-order valence-corrected chi connectivity index (χ4v) is 3.83. The molecule has 3 aromatic rings. The van der Waals surface area contributed by atoms with E-state index >= 15 is 0 Å². The minimum absolute atomic E-state index is 0.101. The number of benzene rings is 2. The minimum atomic E-state index is -3.63. The van der Waals surface area contributed by atoms with Gasteiger partial charge in [0.1, 0.15) is 5.58 Å². The maximum absolute atomic E-state index is 12.8. The summed E-state index contributed by atoms with van der Waals surface area (Å²) in [6.07, 6.45) is 0. The highest BCUT2D eigenvalue weighted by molar-refractivity contribution is 7.89. The van der Waals surface area contributed by atoms with Crippen molar-refractivity contribution in [3.05, 3.63) is 59.4 Å². The molecule has 0 radical (unpaired) electrons. The van der Waals surface area contributed by atoms with Gasteiger partial charge in [0.25, 0.3) is 5.91 Å². The van der Waals surface area contributed by atoms with Gasteiger partial charge in [-0.3, -0.25) is 4.79 Å².